The minimum absolute atomic E-state index is 0.0532. The molecule has 0 atom stereocenters. The third-order valence-electron chi connectivity index (χ3n) is 2.30. The zero-order chi connectivity index (χ0) is 14.1. The van der Waals surface area contributed by atoms with E-state index in [1.807, 2.05) is 12.1 Å². The predicted octanol–water partition coefficient (Wildman–Crippen LogP) is 3.82. The van der Waals surface area contributed by atoms with E-state index in [1.165, 1.54) is 0 Å². The first kappa shape index (κ1) is 16.2. The van der Waals surface area contributed by atoms with Gasteiger partial charge in [-0.2, -0.15) is 13.2 Å². The fourth-order valence-electron chi connectivity index (χ4n) is 1.43. The second-order valence-electron chi connectivity index (χ2n) is 3.96. The van der Waals surface area contributed by atoms with Crippen LogP contribution in [0.5, 0.6) is 5.75 Å². The second kappa shape index (κ2) is 8.32. The maximum absolute atomic E-state index is 11.9. The Morgan fingerprint density at radius 3 is 2.47 bits per heavy atom. The van der Waals surface area contributed by atoms with Gasteiger partial charge < -0.3 is 10.1 Å². The molecule has 0 fully saturated rings. The summed E-state index contributed by atoms with van der Waals surface area (Å²) in [6.07, 6.45) is 1.08. The van der Waals surface area contributed by atoms with Crippen LogP contribution in [0.3, 0.4) is 0 Å². The lowest BCUT2D eigenvalue weighted by Crippen LogP contribution is -2.13. The fraction of sp³-hybridized carbons (Fsp3) is 0.538. The Bertz CT molecular complexity index is 354. The Morgan fingerprint density at radius 2 is 1.89 bits per heavy atom. The third-order valence-corrected chi connectivity index (χ3v) is 3.00. The van der Waals surface area contributed by atoms with E-state index in [1.54, 1.807) is 12.1 Å². The number of halogens is 3. The van der Waals surface area contributed by atoms with Crippen LogP contribution in [0, 0.1) is 0 Å². The molecule has 1 aromatic carbocycles. The molecule has 1 N–H and O–H groups in total. The van der Waals surface area contributed by atoms with Crippen molar-refractivity contribution in [3.63, 3.8) is 0 Å². The van der Waals surface area contributed by atoms with Crippen molar-refractivity contribution in [2.75, 3.05) is 18.9 Å². The van der Waals surface area contributed by atoms with Crippen LogP contribution in [-0.2, 0) is 6.54 Å². The molecule has 2 nitrogen and oxygen atoms in total. The van der Waals surface area contributed by atoms with Gasteiger partial charge in [0.25, 0.3) is 0 Å². The summed E-state index contributed by atoms with van der Waals surface area (Å²) in [5.41, 5.74) is -3.05. The Hall–Kier alpha value is -0.880. The maximum atomic E-state index is 11.9. The highest BCUT2D eigenvalue weighted by Crippen LogP contribution is 2.29. The SMILES string of the molecule is CCCNCc1ccc(OCCSC(F)(F)F)cc1. The number of ether oxygens (including phenoxy) is 1. The number of nitrogens with one attached hydrogen (secondary N) is 1. The molecule has 0 aliphatic heterocycles. The van der Waals surface area contributed by atoms with Crippen molar-refractivity contribution in [2.45, 2.75) is 25.4 Å². The van der Waals surface area contributed by atoms with Gasteiger partial charge in [-0.15, -0.1) is 0 Å². The van der Waals surface area contributed by atoms with E-state index in [9.17, 15) is 13.2 Å². The van der Waals surface area contributed by atoms with Gasteiger partial charge in [0.1, 0.15) is 5.75 Å². The van der Waals surface area contributed by atoms with E-state index in [0.29, 0.717) is 5.75 Å². The van der Waals surface area contributed by atoms with Gasteiger partial charge in [0, 0.05) is 12.3 Å². The molecule has 0 heterocycles. The molecular weight excluding hydrogens is 275 g/mol. The van der Waals surface area contributed by atoms with Crippen molar-refractivity contribution in [1.29, 1.82) is 0 Å². The van der Waals surface area contributed by atoms with Crippen LogP contribution in [-0.4, -0.2) is 24.4 Å². The van der Waals surface area contributed by atoms with Gasteiger partial charge in [0.2, 0.25) is 0 Å². The summed E-state index contributed by atoms with van der Waals surface area (Å²) in [5, 5.41) is 3.27. The van der Waals surface area contributed by atoms with Gasteiger partial charge in [-0.3, -0.25) is 0 Å². The Kier molecular flexibility index (Phi) is 7.09. The lowest BCUT2D eigenvalue weighted by Gasteiger charge is -2.09. The third kappa shape index (κ3) is 8.00. The van der Waals surface area contributed by atoms with Gasteiger partial charge in [-0.05, 0) is 42.4 Å². The van der Waals surface area contributed by atoms with Crippen LogP contribution in [0.2, 0.25) is 0 Å². The van der Waals surface area contributed by atoms with Crippen LogP contribution in [0.25, 0.3) is 0 Å². The molecule has 0 spiro atoms. The first-order valence-electron chi connectivity index (χ1n) is 6.14. The fourth-order valence-corrected chi connectivity index (χ4v) is 1.83. The van der Waals surface area contributed by atoms with Gasteiger partial charge in [0.05, 0.1) is 6.61 Å². The van der Waals surface area contributed by atoms with Crippen molar-refractivity contribution in [3.8, 4) is 5.75 Å². The largest absolute Gasteiger partial charge is 0.493 e. The van der Waals surface area contributed by atoms with Gasteiger partial charge in [-0.1, -0.05) is 19.1 Å². The smallest absolute Gasteiger partial charge is 0.441 e. The quantitative estimate of drug-likeness (QED) is 0.736. The van der Waals surface area contributed by atoms with E-state index in [0.717, 1.165) is 25.1 Å². The van der Waals surface area contributed by atoms with Gasteiger partial charge in [0.15, 0.2) is 0 Å². The first-order valence-corrected chi connectivity index (χ1v) is 7.13. The number of alkyl halides is 3. The minimum Gasteiger partial charge on any atom is -0.493 e. The van der Waals surface area contributed by atoms with Crippen LogP contribution in [0.4, 0.5) is 13.2 Å². The number of hydrogen-bond donors (Lipinski definition) is 1. The summed E-state index contributed by atoms with van der Waals surface area (Å²) in [6.45, 7) is 3.91. The molecule has 0 saturated carbocycles. The van der Waals surface area contributed by atoms with E-state index >= 15 is 0 Å². The maximum Gasteiger partial charge on any atom is 0.441 e. The summed E-state index contributed by atoms with van der Waals surface area (Å²) < 4.78 is 40.9. The molecule has 6 heteroatoms. The van der Waals surface area contributed by atoms with Crippen LogP contribution < -0.4 is 10.1 Å². The summed E-state index contributed by atoms with van der Waals surface area (Å²) in [5.74, 6) is 0.505. The average molecular weight is 293 g/mol. The Morgan fingerprint density at radius 1 is 1.21 bits per heavy atom. The van der Waals surface area contributed by atoms with Gasteiger partial charge in [-0.25, -0.2) is 0 Å². The van der Waals surface area contributed by atoms with Crippen LogP contribution in [0.15, 0.2) is 24.3 Å². The molecule has 0 bridgehead atoms. The number of rotatable bonds is 8. The molecule has 0 aromatic heterocycles. The van der Waals surface area contributed by atoms with E-state index in [-0.39, 0.29) is 24.1 Å². The van der Waals surface area contributed by atoms with E-state index in [2.05, 4.69) is 12.2 Å². The summed E-state index contributed by atoms with van der Waals surface area (Å²) in [6, 6.07) is 7.38. The average Bonchev–Trinajstić information content (AvgIpc) is 2.36. The topological polar surface area (TPSA) is 21.3 Å². The zero-order valence-electron chi connectivity index (χ0n) is 10.8. The van der Waals surface area contributed by atoms with E-state index in [4.69, 9.17) is 4.74 Å². The Balaban J connectivity index is 2.24. The van der Waals surface area contributed by atoms with E-state index < -0.39 is 5.51 Å². The van der Waals surface area contributed by atoms with Gasteiger partial charge >= 0.3 is 5.51 Å². The number of thioether (sulfide) groups is 1. The lowest BCUT2D eigenvalue weighted by atomic mass is 10.2. The summed E-state index contributed by atoms with van der Waals surface area (Å²) in [7, 11) is 0. The van der Waals surface area contributed by atoms with Crippen molar-refractivity contribution >= 4 is 11.8 Å². The summed E-state index contributed by atoms with van der Waals surface area (Å²) in [4.78, 5) is 0. The minimum atomic E-state index is -4.18. The normalized spacial score (nSPS) is 11.6. The highest BCUT2D eigenvalue weighted by atomic mass is 32.2. The Labute approximate surface area is 115 Å². The highest BCUT2D eigenvalue weighted by Gasteiger charge is 2.27. The standard InChI is InChI=1S/C13H18F3NOS/c1-2-7-17-10-11-3-5-12(6-4-11)18-8-9-19-13(14,15)16/h3-6,17H,2,7-10H2,1H3. The molecule has 0 amide bonds. The number of benzene rings is 1. The molecular formula is C13H18F3NOS. The lowest BCUT2D eigenvalue weighted by molar-refractivity contribution is -0.0329. The first-order chi connectivity index (χ1) is 9.01. The molecule has 0 aliphatic rings. The molecule has 0 saturated heterocycles. The van der Waals surface area contributed by atoms with Crippen molar-refractivity contribution < 1.29 is 17.9 Å². The predicted molar refractivity (Wildman–Crippen MR) is 72.4 cm³/mol. The van der Waals surface area contributed by atoms with Crippen molar-refractivity contribution in [2.24, 2.45) is 0 Å². The molecule has 0 radical (unpaired) electrons. The molecule has 19 heavy (non-hydrogen) atoms. The highest BCUT2D eigenvalue weighted by molar-refractivity contribution is 8.00. The van der Waals surface area contributed by atoms with Crippen LogP contribution in [0.1, 0.15) is 18.9 Å². The number of hydrogen-bond acceptors (Lipinski definition) is 3. The molecule has 1 aromatic rings. The monoisotopic (exact) mass is 293 g/mol. The van der Waals surface area contributed by atoms with Crippen molar-refractivity contribution in [3.05, 3.63) is 29.8 Å². The second-order valence-corrected chi connectivity index (χ2v) is 5.12. The zero-order valence-corrected chi connectivity index (χ0v) is 11.6. The molecule has 1 rings (SSSR count). The molecule has 0 aliphatic carbocycles. The van der Waals surface area contributed by atoms with Crippen LogP contribution >= 0.6 is 11.8 Å². The summed E-state index contributed by atoms with van der Waals surface area (Å²) >= 11 is -0.0654. The molecule has 108 valence electrons. The van der Waals surface area contributed by atoms with Crippen molar-refractivity contribution in [1.82, 2.24) is 5.32 Å². The molecule has 0 unspecified atom stereocenters.